The fraction of sp³-hybridized carbons (Fsp3) is 0.846. The van der Waals surface area contributed by atoms with Crippen LogP contribution in [0.25, 0.3) is 0 Å². The van der Waals surface area contributed by atoms with Crippen molar-refractivity contribution >= 4 is 9.84 Å². The van der Waals surface area contributed by atoms with Crippen LogP contribution in [0.5, 0.6) is 0 Å². The van der Waals surface area contributed by atoms with Gasteiger partial charge in [0, 0.05) is 0 Å². The summed E-state index contributed by atoms with van der Waals surface area (Å²) in [4.78, 5) is 0. The molecule has 96 valence electrons. The molecule has 16 heavy (non-hydrogen) atoms. The van der Waals surface area contributed by atoms with E-state index in [-0.39, 0.29) is 5.75 Å². The highest BCUT2D eigenvalue weighted by Crippen LogP contribution is 2.09. The summed E-state index contributed by atoms with van der Waals surface area (Å²) in [5.41, 5.74) is 0. The second kappa shape index (κ2) is 9.88. The minimum atomic E-state index is -2.85. The van der Waals surface area contributed by atoms with Crippen LogP contribution in [0, 0.1) is 0 Å². The Kier molecular flexibility index (Phi) is 9.69. The van der Waals surface area contributed by atoms with Gasteiger partial charge in [0.15, 0.2) is 9.84 Å². The summed E-state index contributed by atoms with van der Waals surface area (Å²) in [6, 6.07) is 0. The molecule has 0 heterocycles. The molecular formula is C13H26O2S. The van der Waals surface area contributed by atoms with Crippen LogP contribution in [0.4, 0.5) is 0 Å². The molecule has 0 aliphatic carbocycles. The van der Waals surface area contributed by atoms with Gasteiger partial charge in [0.05, 0.1) is 11.5 Å². The second-order valence-corrected chi connectivity index (χ2v) is 6.61. The van der Waals surface area contributed by atoms with Crippen molar-refractivity contribution < 1.29 is 8.42 Å². The third-order valence-electron chi connectivity index (χ3n) is 2.68. The zero-order valence-electron chi connectivity index (χ0n) is 10.6. The lowest BCUT2D eigenvalue weighted by Gasteiger charge is -2.02. The van der Waals surface area contributed by atoms with Crippen LogP contribution in [-0.4, -0.2) is 19.9 Å². The van der Waals surface area contributed by atoms with Gasteiger partial charge in [-0.05, 0) is 6.42 Å². The highest BCUT2D eigenvalue weighted by molar-refractivity contribution is 7.91. The van der Waals surface area contributed by atoms with Crippen molar-refractivity contribution in [1.82, 2.24) is 0 Å². The Morgan fingerprint density at radius 1 is 0.938 bits per heavy atom. The minimum Gasteiger partial charge on any atom is -0.229 e. The smallest absolute Gasteiger partial charge is 0.153 e. The van der Waals surface area contributed by atoms with Crippen molar-refractivity contribution in [2.75, 3.05) is 11.5 Å². The highest BCUT2D eigenvalue weighted by atomic mass is 32.2. The molecule has 0 aromatic carbocycles. The second-order valence-electron chi connectivity index (χ2n) is 4.38. The first kappa shape index (κ1) is 15.7. The van der Waals surface area contributed by atoms with E-state index >= 15 is 0 Å². The third-order valence-corrected chi connectivity index (χ3v) is 4.33. The van der Waals surface area contributed by atoms with E-state index in [4.69, 9.17) is 0 Å². The zero-order chi connectivity index (χ0) is 12.3. The lowest BCUT2D eigenvalue weighted by molar-refractivity contribution is 0.574. The van der Waals surface area contributed by atoms with E-state index in [1.54, 1.807) is 0 Å². The average molecular weight is 246 g/mol. The molecule has 3 heteroatoms. The summed E-state index contributed by atoms with van der Waals surface area (Å²) in [6.07, 6.45) is 11.0. The first-order valence-electron chi connectivity index (χ1n) is 6.43. The minimum absolute atomic E-state index is 0.128. The largest absolute Gasteiger partial charge is 0.229 e. The number of sulfone groups is 1. The molecule has 0 atom stereocenters. The van der Waals surface area contributed by atoms with Crippen molar-refractivity contribution in [1.29, 1.82) is 0 Å². The van der Waals surface area contributed by atoms with E-state index in [9.17, 15) is 8.42 Å². The topological polar surface area (TPSA) is 34.1 Å². The molecule has 0 saturated heterocycles. The zero-order valence-corrected chi connectivity index (χ0v) is 11.4. The van der Waals surface area contributed by atoms with Gasteiger partial charge in [0.25, 0.3) is 0 Å². The molecule has 0 spiro atoms. The number of hydrogen-bond acceptors (Lipinski definition) is 2. The van der Waals surface area contributed by atoms with Crippen molar-refractivity contribution in [3.05, 3.63) is 12.7 Å². The fourth-order valence-corrected chi connectivity index (χ4v) is 2.89. The first-order chi connectivity index (χ1) is 7.62. The van der Waals surface area contributed by atoms with Crippen LogP contribution in [0.3, 0.4) is 0 Å². The average Bonchev–Trinajstić information content (AvgIpc) is 2.22. The molecule has 0 rings (SSSR count). The maximum Gasteiger partial charge on any atom is 0.153 e. The maximum atomic E-state index is 11.3. The molecule has 0 bridgehead atoms. The molecule has 0 saturated carbocycles. The van der Waals surface area contributed by atoms with Gasteiger partial charge in [-0.1, -0.05) is 57.9 Å². The normalized spacial score (nSPS) is 11.6. The Morgan fingerprint density at radius 3 is 1.94 bits per heavy atom. The molecule has 0 aromatic rings. The molecule has 0 aromatic heterocycles. The van der Waals surface area contributed by atoms with Crippen LogP contribution < -0.4 is 0 Å². The van der Waals surface area contributed by atoms with Gasteiger partial charge in [-0.25, -0.2) is 8.42 Å². The van der Waals surface area contributed by atoms with Gasteiger partial charge in [0.2, 0.25) is 0 Å². The fourth-order valence-electron chi connectivity index (χ4n) is 1.72. The predicted molar refractivity (Wildman–Crippen MR) is 71.5 cm³/mol. The summed E-state index contributed by atoms with van der Waals surface area (Å²) in [5, 5.41) is 0. The van der Waals surface area contributed by atoms with E-state index < -0.39 is 9.84 Å². The van der Waals surface area contributed by atoms with Gasteiger partial charge < -0.3 is 0 Å². The van der Waals surface area contributed by atoms with E-state index in [2.05, 4.69) is 13.5 Å². The predicted octanol–water partition coefficient (Wildman–Crippen LogP) is 3.73. The molecule has 0 N–H and O–H groups in total. The molecule has 0 aliphatic rings. The SMILES string of the molecule is C=CCS(=O)(=O)CCCCCCCCCC. The van der Waals surface area contributed by atoms with Gasteiger partial charge in [-0.3, -0.25) is 0 Å². The molecule has 2 nitrogen and oxygen atoms in total. The van der Waals surface area contributed by atoms with Crippen LogP contribution in [-0.2, 0) is 9.84 Å². The Bertz CT molecular complexity index is 255. The summed E-state index contributed by atoms with van der Waals surface area (Å²) in [7, 11) is -2.85. The van der Waals surface area contributed by atoms with E-state index in [1.165, 1.54) is 44.6 Å². The Morgan fingerprint density at radius 2 is 1.44 bits per heavy atom. The van der Waals surface area contributed by atoms with Gasteiger partial charge in [-0.15, -0.1) is 6.58 Å². The van der Waals surface area contributed by atoms with Crippen molar-refractivity contribution in [2.45, 2.75) is 58.3 Å². The van der Waals surface area contributed by atoms with Gasteiger partial charge >= 0.3 is 0 Å². The summed E-state index contributed by atoms with van der Waals surface area (Å²) >= 11 is 0. The number of rotatable bonds is 11. The van der Waals surface area contributed by atoms with E-state index in [0.29, 0.717) is 5.75 Å². The molecule has 0 radical (unpaired) electrons. The summed E-state index contributed by atoms with van der Waals surface area (Å²) < 4.78 is 22.7. The van der Waals surface area contributed by atoms with Crippen LogP contribution >= 0.6 is 0 Å². The lowest BCUT2D eigenvalue weighted by atomic mass is 10.1. The summed E-state index contributed by atoms with van der Waals surface area (Å²) in [6.45, 7) is 5.67. The van der Waals surface area contributed by atoms with Crippen LogP contribution in [0.1, 0.15) is 58.3 Å². The van der Waals surface area contributed by atoms with Crippen molar-refractivity contribution in [3.63, 3.8) is 0 Å². The van der Waals surface area contributed by atoms with Crippen LogP contribution in [0.2, 0.25) is 0 Å². The molecule has 0 unspecified atom stereocenters. The number of unbranched alkanes of at least 4 members (excludes halogenated alkanes) is 7. The van der Waals surface area contributed by atoms with Gasteiger partial charge in [-0.2, -0.15) is 0 Å². The van der Waals surface area contributed by atoms with E-state index in [1.807, 2.05) is 0 Å². The highest BCUT2D eigenvalue weighted by Gasteiger charge is 2.06. The lowest BCUT2D eigenvalue weighted by Crippen LogP contribution is -2.09. The molecule has 0 amide bonds. The maximum absolute atomic E-state index is 11.3. The third kappa shape index (κ3) is 10.2. The van der Waals surface area contributed by atoms with Crippen LogP contribution in [0.15, 0.2) is 12.7 Å². The standard InChI is InChI=1S/C13H26O2S/c1-3-5-6-7-8-9-10-11-13-16(14,15)12-4-2/h4H,2-3,5-13H2,1H3. The number of hydrogen-bond donors (Lipinski definition) is 0. The Labute approximate surface area is 101 Å². The molecular weight excluding hydrogens is 220 g/mol. The molecule has 0 aliphatic heterocycles. The van der Waals surface area contributed by atoms with Gasteiger partial charge in [0.1, 0.15) is 0 Å². The monoisotopic (exact) mass is 246 g/mol. The Balaban J connectivity index is 3.30. The van der Waals surface area contributed by atoms with Crippen molar-refractivity contribution in [2.24, 2.45) is 0 Å². The van der Waals surface area contributed by atoms with Crippen molar-refractivity contribution in [3.8, 4) is 0 Å². The first-order valence-corrected chi connectivity index (χ1v) is 8.26. The quantitative estimate of drug-likeness (QED) is 0.411. The summed E-state index contributed by atoms with van der Waals surface area (Å²) in [5.74, 6) is 0.456. The van der Waals surface area contributed by atoms with E-state index in [0.717, 1.165) is 12.8 Å². The molecule has 0 fully saturated rings. The Hall–Kier alpha value is -0.310.